The van der Waals surface area contributed by atoms with Gasteiger partial charge in [-0.05, 0) is 41.7 Å². The lowest BCUT2D eigenvalue weighted by molar-refractivity contribution is 0.457. The first-order valence-corrected chi connectivity index (χ1v) is 6.56. The monoisotopic (exact) mass is 266 g/mol. The van der Waals surface area contributed by atoms with Gasteiger partial charge < -0.3 is 4.74 Å². The van der Waals surface area contributed by atoms with E-state index < -0.39 is 0 Å². The number of aryl methyl sites for hydroxylation is 1. The van der Waals surface area contributed by atoms with Crippen LogP contribution in [-0.4, -0.2) is 4.98 Å². The van der Waals surface area contributed by atoms with Crippen LogP contribution in [0.4, 0.5) is 0 Å². The first-order valence-electron chi connectivity index (χ1n) is 6.56. The van der Waals surface area contributed by atoms with E-state index in [9.17, 15) is 5.26 Å². The zero-order chi connectivity index (χ0) is 14.8. The number of hydrogen-bond donors (Lipinski definition) is 0. The van der Waals surface area contributed by atoms with Gasteiger partial charge in [-0.25, -0.2) is 4.98 Å². The van der Waals surface area contributed by atoms with Gasteiger partial charge in [0, 0.05) is 6.20 Å². The maximum atomic E-state index is 9.19. The number of nitrogens with zero attached hydrogens (tertiary/aromatic N) is 2. The summed E-state index contributed by atoms with van der Waals surface area (Å²) in [5.41, 5.74) is 2.58. The molecule has 1 heterocycles. The van der Waals surface area contributed by atoms with E-state index in [1.807, 2.05) is 25.1 Å². The fraction of sp³-hybridized carbons (Fsp3) is 0.294. The van der Waals surface area contributed by atoms with E-state index in [-0.39, 0.29) is 5.41 Å². The molecule has 20 heavy (non-hydrogen) atoms. The molecule has 0 aliphatic rings. The van der Waals surface area contributed by atoms with Gasteiger partial charge in [-0.3, -0.25) is 0 Å². The highest BCUT2D eigenvalue weighted by atomic mass is 16.5. The normalized spacial score (nSPS) is 10.9. The summed E-state index contributed by atoms with van der Waals surface area (Å²) in [6.07, 6.45) is 1.65. The summed E-state index contributed by atoms with van der Waals surface area (Å²) in [5.74, 6) is 1.06. The van der Waals surface area contributed by atoms with Crippen LogP contribution in [0, 0.1) is 18.3 Å². The molecule has 3 nitrogen and oxygen atoms in total. The highest BCUT2D eigenvalue weighted by molar-refractivity contribution is 5.46. The maximum Gasteiger partial charge on any atom is 0.237 e. The van der Waals surface area contributed by atoms with Gasteiger partial charge in [0.2, 0.25) is 5.88 Å². The van der Waals surface area contributed by atoms with E-state index in [2.05, 4.69) is 37.9 Å². The molecule has 2 rings (SSSR count). The van der Waals surface area contributed by atoms with Gasteiger partial charge in [0.25, 0.3) is 0 Å². The highest BCUT2D eigenvalue weighted by Gasteiger charge is 2.15. The lowest BCUT2D eigenvalue weighted by atomic mass is 9.87. The smallest absolute Gasteiger partial charge is 0.237 e. The molecule has 0 fully saturated rings. The van der Waals surface area contributed by atoms with Crippen molar-refractivity contribution in [2.45, 2.75) is 33.1 Å². The van der Waals surface area contributed by atoms with Gasteiger partial charge in [0.1, 0.15) is 17.4 Å². The second-order valence-electron chi connectivity index (χ2n) is 5.80. The summed E-state index contributed by atoms with van der Waals surface area (Å²) in [4.78, 5) is 4.15. The molecule has 0 aliphatic heterocycles. The SMILES string of the molecule is Cc1ccnc(Oc2cccc(C(C)(C)C)c2)c1C#N. The van der Waals surface area contributed by atoms with Crippen LogP contribution in [0.25, 0.3) is 0 Å². The molecule has 0 radical (unpaired) electrons. The quantitative estimate of drug-likeness (QED) is 0.811. The fourth-order valence-corrected chi connectivity index (χ4v) is 1.88. The van der Waals surface area contributed by atoms with E-state index in [1.54, 1.807) is 12.3 Å². The molecule has 0 amide bonds. The van der Waals surface area contributed by atoms with Crippen LogP contribution in [0.1, 0.15) is 37.5 Å². The highest BCUT2D eigenvalue weighted by Crippen LogP contribution is 2.29. The van der Waals surface area contributed by atoms with E-state index >= 15 is 0 Å². The Morgan fingerprint density at radius 1 is 1.20 bits per heavy atom. The average Bonchev–Trinajstić information content (AvgIpc) is 2.38. The van der Waals surface area contributed by atoms with Crippen molar-refractivity contribution < 1.29 is 4.74 Å². The van der Waals surface area contributed by atoms with Gasteiger partial charge in [-0.2, -0.15) is 5.26 Å². The van der Waals surface area contributed by atoms with Gasteiger partial charge in [0.05, 0.1) is 0 Å². The van der Waals surface area contributed by atoms with Crippen LogP contribution in [0.2, 0.25) is 0 Å². The summed E-state index contributed by atoms with van der Waals surface area (Å²) < 4.78 is 5.78. The molecule has 0 spiro atoms. The zero-order valence-electron chi connectivity index (χ0n) is 12.3. The van der Waals surface area contributed by atoms with Crippen LogP contribution in [-0.2, 0) is 5.41 Å². The molecule has 0 saturated carbocycles. The summed E-state index contributed by atoms with van der Waals surface area (Å²) in [6, 6.07) is 11.8. The van der Waals surface area contributed by atoms with Crippen molar-refractivity contribution in [1.82, 2.24) is 4.98 Å². The zero-order valence-corrected chi connectivity index (χ0v) is 12.3. The Labute approximate surface area is 119 Å². The van der Waals surface area contributed by atoms with Crippen molar-refractivity contribution >= 4 is 0 Å². The molecule has 0 aliphatic carbocycles. The molecular formula is C17H18N2O. The third-order valence-electron chi connectivity index (χ3n) is 3.15. The molecule has 0 unspecified atom stereocenters. The summed E-state index contributed by atoms with van der Waals surface area (Å²) in [7, 11) is 0. The molecule has 1 aromatic heterocycles. The number of benzene rings is 1. The van der Waals surface area contributed by atoms with Crippen molar-refractivity contribution in [3.8, 4) is 17.7 Å². The van der Waals surface area contributed by atoms with Crippen LogP contribution in [0.15, 0.2) is 36.5 Å². The summed E-state index contributed by atoms with van der Waals surface area (Å²) >= 11 is 0. The predicted octanol–water partition coefficient (Wildman–Crippen LogP) is 4.35. The largest absolute Gasteiger partial charge is 0.438 e. The van der Waals surface area contributed by atoms with E-state index in [0.29, 0.717) is 17.2 Å². The minimum atomic E-state index is 0.0530. The number of aromatic nitrogens is 1. The molecule has 0 atom stereocenters. The predicted molar refractivity (Wildman–Crippen MR) is 78.9 cm³/mol. The van der Waals surface area contributed by atoms with E-state index in [1.165, 1.54) is 5.56 Å². The standard InChI is InChI=1S/C17H18N2O/c1-12-8-9-19-16(15(12)11-18)20-14-7-5-6-13(10-14)17(2,3)4/h5-10H,1-4H3. The minimum Gasteiger partial charge on any atom is -0.438 e. The summed E-state index contributed by atoms with van der Waals surface area (Å²) in [6.45, 7) is 8.33. The summed E-state index contributed by atoms with van der Waals surface area (Å²) in [5, 5.41) is 9.19. The molecule has 3 heteroatoms. The van der Waals surface area contributed by atoms with Crippen molar-refractivity contribution in [1.29, 1.82) is 5.26 Å². The Morgan fingerprint density at radius 2 is 1.95 bits per heavy atom. The van der Waals surface area contributed by atoms with E-state index in [0.717, 1.165) is 5.56 Å². The Bertz CT molecular complexity index is 663. The fourth-order valence-electron chi connectivity index (χ4n) is 1.88. The van der Waals surface area contributed by atoms with Crippen LogP contribution < -0.4 is 4.74 Å². The molecule has 2 aromatic rings. The van der Waals surface area contributed by atoms with E-state index in [4.69, 9.17) is 4.74 Å². The number of pyridine rings is 1. The lowest BCUT2D eigenvalue weighted by Gasteiger charge is -2.19. The molecule has 102 valence electrons. The number of hydrogen-bond acceptors (Lipinski definition) is 3. The van der Waals surface area contributed by atoms with Crippen molar-refractivity contribution in [2.75, 3.05) is 0 Å². The van der Waals surface area contributed by atoms with Crippen molar-refractivity contribution in [3.63, 3.8) is 0 Å². The van der Waals surface area contributed by atoms with Crippen molar-refractivity contribution in [3.05, 3.63) is 53.2 Å². The molecule has 0 saturated heterocycles. The topological polar surface area (TPSA) is 45.9 Å². The Morgan fingerprint density at radius 3 is 2.60 bits per heavy atom. The van der Waals surface area contributed by atoms with Crippen LogP contribution in [0.5, 0.6) is 11.6 Å². The Hall–Kier alpha value is -2.34. The van der Waals surface area contributed by atoms with Gasteiger partial charge >= 0.3 is 0 Å². The molecular weight excluding hydrogens is 248 g/mol. The van der Waals surface area contributed by atoms with Gasteiger partial charge in [-0.1, -0.05) is 32.9 Å². The maximum absolute atomic E-state index is 9.19. The molecule has 1 aromatic carbocycles. The van der Waals surface area contributed by atoms with Crippen LogP contribution in [0.3, 0.4) is 0 Å². The van der Waals surface area contributed by atoms with Crippen LogP contribution >= 0.6 is 0 Å². The lowest BCUT2D eigenvalue weighted by Crippen LogP contribution is -2.10. The first-order chi connectivity index (χ1) is 9.41. The molecule has 0 bridgehead atoms. The number of rotatable bonds is 2. The third-order valence-corrected chi connectivity index (χ3v) is 3.15. The minimum absolute atomic E-state index is 0.0530. The second-order valence-corrected chi connectivity index (χ2v) is 5.80. The Kier molecular flexibility index (Phi) is 3.76. The van der Waals surface area contributed by atoms with Crippen molar-refractivity contribution in [2.24, 2.45) is 0 Å². The average molecular weight is 266 g/mol. The van der Waals surface area contributed by atoms with Gasteiger partial charge in [-0.15, -0.1) is 0 Å². The number of ether oxygens (including phenoxy) is 1. The third kappa shape index (κ3) is 2.97. The second kappa shape index (κ2) is 5.34. The molecule has 0 N–H and O–H groups in total. The number of nitriles is 1. The first kappa shape index (κ1) is 14.1. The Balaban J connectivity index is 2.37. The van der Waals surface area contributed by atoms with Gasteiger partial charge in [0.15, 0.2) is 0 Å².